The van der Waals surface area contributed by atoms with Crippen molar-refractivity contribution in [3.8, 4) is 0 Å². The molecule has 0 spiro atoms. The maximum absolute atomic E-state index is 13.2. The number of carbonyl (C=O) groups excluding carboxylic acids is 3. The molecule has 8 heteroatoms. The van der Waals surface area contributed by atoms with Gasteiger partial charge in [-0.25, -0.2) is 9.69 Å². The number of nitrogens with one attached hydrogen (secondary N) is 1. The zero-order valence-corrected chi connectivity index (χ0v) is 20.5. The molecule has 0 aromatic heterocycles. The monoisotopic (exact) mass is 515 g/mol. The van der Waals surface area contributed by atoms with Crippen LogP contribution in [0, 0.1) is 0 Å². The Morgan fingerprint density at radius 1 is 1.16 bits per heavy atom. The predicted octanol–water partition coefficient (Wildman–Crippen LogP) is 5.49. The molecule has 2 aromatic carbocycles. The third-order valence-corrected chi connectivity index (χ3v) is 7.09. The lowest BCUT2D eigenvalue weighted by atomic mass is 9.80. The van der Waals surface area contributed by atoms with E-state index in [9.17, 15) is 14.4 Å². The Morgan fingerprint density at radius 3 is 2.47 bits per heavy atom. The Kier molecular flexibility index (Phi) is 5.67. The van der Waals surface area contributed by atoms with E-state index in [0.717, 1.165) is 27.0 Å². The van der Waals surface area contributed by atoms with Crippen LogP contribution in [0.3, 0.4) is 0 Å². The molecule has 2 aliphatic rings. The van der Waals surface area contributed by atoms with Crippen LogP contribution >= 0.6 is 27.5 Å². The summed E-state index contributed by atoms with van der Waals surface area (Å²) in [7, 11) is 2.04. The van der Waals surface area contributed by atoms with E-state index in [2.05, 4.69) is 46.9 Å². The molecule has 4 amide bonds. The minimum Gasteiger partial charge on any atom is -0.369 e. The molecule has 0 aliphatic carbocycles. The van der Waals surface area contributed by atoms with Crippen molar-refractivity contribution in [3.05, 3.63) is 62.6 Å². The molecule has 2 aromatic rings. The molecule has 1 fully saturated rings. The Labute approximate surface area is 200 Å². The van der Waals surface area contributed by atoms with Crippen molar-refractivity contribution in [3.63, 3.8) is 0 Å². The molecule has 1 saturated heterocycles. The fourth-order valence-electron chi connectivity index (χ4n) is 4.35. The van der Waals surface area contributed by atoms with Crippen molar-refractivity contribution in [2.24, 2.45) is 0 Å². The summed E-state index contributed by atoms with van der Waals surface area (Å²) in [5.74, 6) is -1.16. The molecule has 6 nitrogen and oxygen atoms in total. The second-order valence-electron chi connectivity index (χ2n) is 8.84. The highest BCUT2D eigenvalue weighted by atomic mass is 79.9. The Hall–Kier alpha value is -2.64. The molecule has 0 saturated carbocycles. The molecule has 32 heavy (non-hydrogen) atoms. The van der Waals surface area contributed by atoms with E-state index in [0.29, 0.717) is 16.3 Å². The topological polar surface area (TPSA) is 69.7 Å². The van der Waals surface area contributed by atoms with Crippen LogP contribution in [0.4, 0.5) is 16.2 Å². The number of imide groups is 2. The van der Waals surface area contributed by atoms with Crippen LogP contribution in [0.25, 0.3) is 6.08 Å². The first-order chi connectivity index (χ1) is 15.0. The van der Waals surface area contributed by atoms with Crippen molar-refractivity contribution in [1.82, 2.24) is 5.32 Å². The van der Waals surface area contributed by atoms with Gasteiger partial charge in [0.2, 0.25) is 0 Å². The van der Waals surface area contributed by atoms with E-state index in [1.54, 1.807) is 24.3 Å². The zero-order valence-electron chi connectivity index (χ0n) is 18.2. The Balaban J connectivity index is 1.77. The van der Waals surface area contributed by atoms with Gasteiger partial charge < -0.3 is 4.90 Å². The van der Waals surface area contributed by atoms with Crippen LogP contribution in [-0.2, 0) is 9.59 Å². The summed E-state index contributed by atoms with van der Waals surface area (Å²) in [6.45, 7) is 6.54. The molecule has 166 valence electrons. The maximum Gasteiger partial charge on any atom is 0.335 e. The van der Waals surface area contributed by atoms with E-state index in [1.807, 2.05) is 19.2 Å². The standard InChI is InChI=1S/C24H23BrClN3O3/c1-13-12-24(2,3)28(4)20-11-19(26)14(9-17(13)20)10-18-21(30)27-23(32)29(22(18)31)16-7-5-15(25)6-8-16/h5-11,13H,12H2,1-4H3,(H,27,30,32)/b18-10-. The highest BCUT2D eigenvalue weighted by molar-refractivity contribution is 9.10. The molecular weight excluding hydrogens is 494 g/mol. The average molecular weight is 517 g/mol. The summed E-state index contributed by atoms with van der Waals surface area (Å²) in [6, 6.07) is 9.71. The third kappa shape index (κ3) is 3.84. The number of nitrogens with zero attached hydrogens (tertiary/aromatic N) is 2. The summed E-state index contributed by atoms with van der Waals surface area (Å²) in [4.78, 5) is 41.3. The molecular formula is C24H23BrClN3O3. The van der Waals surface area contributed by atoms with Crippen molar-refractivity contribution >= 4 is 62.8 Å². The van der Waals surface area contributed by atoms with Crippen LogP contribution < -0.4 is 15.1 Å². The molecule has 4 rings (SSSR count). The molecule has 1 unspecified atom stereocenters. The first-order valence-corrected chi connectivity index (χ1v) is 11.4. The van der Waals surface area contributed by atoms with Gasteiger partial charge in [0.05, 0.1) is 5.69 Å². The zero-order chi connectivity index (χ0) is 23.4. The highest BCUT2D eigenvalue weighted by Crippen LogP contribution is 2.44. The van der Waals surface area contributed by atoms with Crippen LogP contribution in [0.1, 0.15) is 44.2 Å². The van der Waals surface area contributed by atoms with Crippen molar-refractivity contribution in [1.29, 1.82) is 0 Å². The number of halogens is 2. The van der Waals surface area contributed by atoms with Crippen LogP contribution in [0.15, 0.2) is 46.4 Å². The van der Waals surface area contributed by atoms with Crippen LogP contribution in [0.2, 0.25) is 5.02 Å². The normalized spacial score (nSPS) is 21.6. The summed E-state index contributed by atoms with van der Waals surface area (Å²) in [6.07, 6.45) is 2.42. The smallest absolute Gasteiger partial charge is 0.335 e. The second kappa shape index (κ2) is 8.05. The van der Waals surface area contributed by atoms with Gasteiger partial charge in [-0.3, -0.25) is 14.9 Å². The molecule has 1 atom stereocenters. The summed E-state index contributed by atoms with van der Waals surface area (Å²) in [5, 5.41) is 2.68. The molecule has 0 bridgehead atoms. The lowest BCUT2D eigenvalue weighted by Crippen LogP contribution is -2.54. The lowest BCUT2D eigenvalue weighted by Gasteiger charge is -2.45. The number of carbonyl (C=O) groups is 3. The van der Waals surface area contributed by atoms with Crippen LogP contribution in [-0.4, -0.2) is 30.4 Å². The number of amides is 4. The number of urea groups is 1. The summed E-state index contributed by atoms with van der Waals surface area (Å²) >= 11 is 9.91. The average Bonchev–Trinajstić information content (AvgIpc) is 2.71. The largest absolute Gasteiger partial charge is 0.369 e. The summed E-state index contributed by atoms with van der Waals surface area (Å²) < 4.78 is 0.807. The van der Waals surface area contributed by atoms with Crippen molar-refractivity contribution < 1.29 is 14.4 Å². The van der Waals surface area contributed by atoms with E-state index >= 15 is 0 Å². The lowest BCUT2D eigenvalue weighted by molar-refractivity contribution is -0.122. The number of hydrogen-bond acceptors (Lipinski definition) is 4. The van der Waals surface area contributed by atoms with E-state index in [-0.39, 0.29) is 17.0 Å². The van der Waals surface area contributed by atoms with E-state index in [1.165, 1.54) is 6.08 Å². The molecule has 2 aliphatic heterocycles. The van der Waals surface area contributed by atoms with Gasteiger partial charge in [0.15, 0.2) is 0 Å². The van der Waals surface area contributed by atoms with E-state index in [4.69, 9.17) is 11.6 Å². The maximum atomic E-state index is 13.2. The fourth-order valence-corrected chi connectivity index (χ4v) is 4.83. The molecule has 2 heterocycles. The predicted molar refractivity (Wildman–Crippen MR) is 130 cm³/mol. The van der Waals surface area contributed by atoms with Gasteiger partial charge in [0, 0.05) is 27.8 Å². The first kappa shape index (κ1) is 22.6. The highest BCUT2D eigenvalue weighted by Gasteiger charge is 2.38. The van der Waals surface area contributed by atoms with Crippen molar-refractivity contribution in [2.45, 2.75) is 38.6 Å². The van der Waals surface area contributed by atoms with Crippen LogP contribution in [0.5, 0.6) is 0 Å². The molecule has 0 radical (unpaired) electrons. The fraction of sp³-hybridized carbons (Fsp3) is 0.292. The number of benzene rings is 2. The van der Waals surface area contributed by atoms with Gasteiger partial charge in [-0.15, -0.1) is 0 Å². The number of barbiturate groups is 1. The first-order valence-electron chi connectivity index (χ1n) is 10.2. The SMILES string of the molecule is CC1CC(C)(C)N(C)c2cc(Cl)c(/C=C3/C(=O)NC(=O)N(c4ccc(Br)cc4)C3=O)cc21. The second-order valence-corrected chi connectivity index (χ2v) is 10.2. The number of fused-ring (bicyclic) bond motifs is 1. The summed E-state index contributed by atoms with van der Waals surface area (Å²) in [5.41, 5.74) is 2.91. The van der Waals surface area contributed by atoms with Gasteiger partial charge >= 0.3 is 6.03 Å². The van der Waals surface area contributed by atoms with Gasteiger partial charge in [-0.05, 0) is 79.8 Å². The number of rotatable bonds is 2. The minimum absolute atomic E-state index is 0.0134. The van der Waals surface area contributed by atoms with Gasteiger partial charge in [-0.2, -0.15) is 0 Å². The van der Waals surface area contributed by atoms with Gasteiger partial charge in [0.25, 0.3) is 11.8 Å². The third-order valence-electron chi connectivity index (χ3n) is 6.24. The minimum atomic E-state index is -0.784. The van der Waals surface area contributed by atoms with E-state index < -0.39 is 17.8 Å². The Bertz CT molecular complexity index is 1170. The number of anilines is 2. The van der Waals surface area contributed by atoms with Crippen molar-refractivity contribution in [2.75, 3.05) is 16.8 Å². The quantitative estimate of drug-likeness (QED) is 0.423. The van der Waals surface area contributed by atoms with Gasteiger partial charge in [-0.1, -0.05) is 34.5 Å². The van der Waals surface area contributed by atoms with Gasteiger partial charge in [0.1, 0.15) is 5.57 Å². The number of hydrogen-bond donors (Lipinski definition) is 1. The molecule has 1 N–H and O–H groups in total. The Morgan fingerprint density at radius 2 is 1.81 bits per heavy atom.